The van der Waals surface area contributed by atoms with Crippen LogP contribution in [0.4, 0.5) is 5.82 Å². The van der Waals surface area contributed by atoms with Gasteiger partial charge in [-0.1, -0.05) is 0 Å². The van der Waals surface area contributed by atoms with E-state index in [4.69, 9.17) is 16.3 Å². The van der Waals surface area contributed by atoms with Gasteiger partial charge in [0.05, 0.1) is 12.6 Å². The molecule has 3 rings (SSSR count). The summed E-state index contributed by atoms with van der Waals surface area (Å²) in [6.07, 6.45) is 1.10. The van der Waals surface area contributed by atoms with E-state index in [1.165, 1.54) is 0 Å². The molecule has 1 aromatic heterocycles. The molecule has 1 saturated heterocycles. The first kappa shape index (κ1) is 13.4. The fourth-order valence-electron chi connectivity index (χ4n) is 2.62. The van der Waals surface area contributed by atoms with Gasteiger partial charge in [-0.2, -0.15) is 4.98 Å². The Morgan fingerprint density at radius 3 is 2.95 bits per heavy atom. The highest BCUT2D eigenvalue weighted by Gasteiger charge is 2.24. The van der Waals surface area contributed by atoms with Crippen LogP contribution in [0.1, 0.15) is 6.42 Å². The third-order valence-corrected chi connectivity index (χ3v) is 3.92. The van der Waals surface area contributed by atoms with E-state index in [-0.39, 0.29) is 5.28 Å². The predicted molar refractivity (Wildman–Crippen MR) is 80.8 cm³/mol. The second kappa shape index (κ2) is 5.42. The Labute approximate surface area is 122 Å². The molecular formula is C14H17ClN4O. The molecule has 1 aromatic carbocycles. The van der Waals surface area contributed by atoms with Crippen molar-refractivity contribution in [2.45, 2.75) is 12.5 Å². The summed E-state index contributed by atoms with van der Waals surface area (Å²) in [6.45, 7) is 1.89. The van der Waals surface area contributed by atoms with Crippen molar-refractivity contribution in [2.24, 2.45) is 0 Å². The molecule has 6 heteroatoms. The van der Waals surface area contributed by atoms with Crippen molar-refractivity contribution in [1.29, 1.82) is 0 Å². The summed E-state index contributed by atoms with van der Waals surface area (Å²) in [6, 6.07) is 6.25. The van der Waals surface area contributed by atoms with Crippen LogP contribution in [0.2, 0.25) is 5.28 Å². The van der Waals surface area contributed by atoms with Gasteiger partial charge in [0, 0.05) is 24.5 Å². The standard InChI is InChI=1S/C14H17ClN4O/c1-16-9-5-6-19(8-9)13-11-7-10(20-2)3-4-12(11)17-14(15)18-13/h3-4,7,9,16H,5-6,8H2,1-2H3. The molecule has 20 heavy (non-hydrogen) atoms. The van der Waals surface area contributed by atoms with Crippen LogP contribution in [-0.4, -0.2) is 43.3 Å². The Morgan fingerprint density at radius 2 is 2.25 bits per heavy atom. The van der Waals surface area contributed by atoms with Gasteiger partial charge < -0.3 is 15.0 Å². The normalized spacial score (nSPS) is 18.8. The summed E-state index contributed by atoms with van der Waals surface area (Å²) in [5.74, 6) is 1.69. The number of methoxy groups -OCH3 is 1. The largest absolute Gasteiger partial charge is 0.497 e. The number of benzene rings is 1. The highest BCUT2D eigenvalue weighted by molar-refractivity contribution is 6.28. The Kier molecular flexibility index (Phi) is 3.63. The lowest BCUT2D eigenvalue weighted by Crippen LogP contribution is -2.30. The van der Waals surface area contributed by atoms with Gasteiger partial charge in [0.2, 0.25) is 5.28 Å². The molecule has 0 amide bonds. The first-order chi connectivity index (χ1) is 9.71. The van der Waals surface area contributed by atoms with Gasteiger partial charge in [-0.25, -0.2) is 4.98 Å². The lowest BCUT2D eigenvalue weighted by Gasteiger charge is -2.19. The molecule has 0 radical (unpaired) electrons. The Balaban J connectivity index is 2.08. The summed E-state index contributed by atoms with van der Waals surface area (Å²) in [5.41, 5.74) is 0.841. The van der Waals surface area contributed by atoms with Gasteiger partial charge in [-0.3, -0.25) is 0 Å². The number of anilines is 1. The zero-order chi connectivity index (χ0) is 14.1. The average molecular weight is 293 g/mol. The van der Waals surface area contributed by atoms with Crippen LogP contribution in [0.3, 0.4) is 0 Å². The molecule has 0 saturated carbocycles. The van der Waals surface area contributed by atoms with Gasteiger partial charge in [0.15, 0.2) is 0 Å². The molecule has 1 fully saturated rings. The number of halogens is 1. The third kappa shape index (κ3) is 2.39. The number of aromatic nitrogens is 2. The average Bonchev–Trinajstić information content (AvgIpc) is 2.94. The van der Waals surface area contributed by atoms with Crippen LogP contribution in [0.15, 0.2) is 18.2 Å². The molecule has 106 valence electrons. The molecule has 2 heterocycles. The minimum Gasteiger partial charge on any atom is -0.497 e. The van der Waals surface area contributed by atoms with E-state index in [1.807, 2.05) is 25.2 Å². The van der Waals surface area contributed by atoms with E-state index in [0.717, 1.165) is 42.0 Å². The number of rotatable bonds is 3. The number of hydrogen-bond donors (Lipinski definition) is 1. The minimum absolute atomic E-state index is 0.283. The van der Waals surface area contributed by atoms with Gasteiger partial charge in [-0.15, -0.1) is 0 Å². The first-order valence-electron chi connectivity index (χ1n) is 6.65. The maximum absolute atomic E-state index is 6.05. The van der Waals surface area contributed by atoms with Crippen LogP contribution in [-0.2, 0) is 0 Å². The molecule has 2 aromatic rings. The first-order valence-corrected chi connectivity index (χ1v) is 7.02. The SMILES string of the molecule is CNC1CCN(c2nc(Cl)nc3ccc(OC)cc23)C1. The van der Waals surface area contributed by atoms with E-state index in [0.29, 0.717) is 6.04 Å². The summed E-state index contributed by atoms with van der Waals surface area (Å²) in [5, 5.41) is 4.57. The van der Waals surface area contributed by atoms with E-state index in [9.17, 15) is 0 Å². The van der Waals surface area contributed by atoms with Crippen LogP contribution >= 0.6 is 11.6 Å². The molecular weight excluding hydrogens is 276 g/mol. The van der Waals surface area contributed by atoms with Gasteiger partial charge in [-0.05, 0) is 43.3 Å². The van der Waals surface area contributed by atoms with Gasteiger partial charge in [0.1, 0.15) is 11.6 Å². The van der Waals surface area contributed by atoms with Crippen molar-refractivity contribution in [3.63, 3.8) is 0 Å². The van der Waals surface area contributed by atoms with Crippen molar-refractivity contribution in [1.82, 2.24) is 15.3 Å². The fraction of sp³-hybridized carbons (Fsp3) is 0.429. The van der Waals surface area contributed by atoms with E-state index >= 15 is 0 Å². The zero-order valence-electron chi connectivity index (χ0n) is 11.6. The second-order valence-corrected chi connectivity index (χ2v) is 5.26. The Morgan fingerprint density at radius 1 is 1.40 bits per heavy atom. The number of ether oxygens (including phenoxy) is 1. The molecule has 1 atom stereocenters. The molecule has 1 aliphatic rings. The number of hydrogen-bond acceptors (Lipinski definition) is 5. The molecule has 1 aliphatic heterocycles. The van der Waals surface area contributed by atoms with Crippen molar-refractivity contribution in [2.75, 3.05) is 32.1 Å². The van der Waals surface area contributed by atoms with Crippen molar-refractivity contribution < 1.29 is 4.74 Å². The molecule has 1 N–H and O–H groups in total. The third-order valence-electron chi connectivity index (χ3n) is 3.75. The van der Waals surface area contributed by atoms with Crippen molar-refractivity contribution >= 4 is 28.3 Å². The number of likely N-dealkylation sites (N-methyl/N-ethyl adjacent to an activating group) is 1. The smallest absolute Gasteiger partial charge is 0.224 e. The lowest BCUT2D eigenvalue weighted by molar-refractivity contribution is 0.415. The van der Waals surface area contributed by atoms with E-state index < -0.39 is 0 Å². The van der Waals surface area contributed by atoms with E-state index in [1.54, 1.807) is 7.11 Å². The van der Waals surface area contributed by atoms with Crippen molar-refractivity contribution in [3.05, 3.63) is 23.5 Å². The monoisotopic (exact) mass is 292 g/mol. The second-order valence-electron chi connectivity index (χ2n) is 4.92. The van der Waals surface area contributed by atoms with Crippen LogP contribution in [0, 0.1) is 0 Å². The Bertz CT molecular complexity index is 634. The summed E-state index contributed by atoms with van der Waals surface area (Å²) >= 11 is 6.05. The number of fused-ring (bicyclic) bond motifs is 1. The zero-order valence-corrected chi connectivity index (χ0v) is 12.3. The van der Waals surface area contributed by atoms with Crippen molar-refractivity contribution in [3.8, 4) is 5.75 Å². The topological polar surface area (TPSA) is 50.3 Å². The molecule has 5 nitrogen and oxygen atoms in total. The molecule has 0 spiro atoms. The van der Waals surface area contributed by atoms with Crippen LogP contribution < -0.4 is 15.0 Å². The number of nitrogens with one attached hydrogen (secondary N) is 1. The highest BCUT2D eigenvalue weighted by Crippen LogP contribution is 2.30. The minimum atomic E-state index is 0.283. The molecule has 0 aliphatic carbocycles. The quantitative estimate of drug-likeness (QED) is 0.878. The molecule has 1 unspecified atom stereocenters. The van der Waals surface area contributed by atoms with E-state index in [2.05, 4.69) is 20.2 Å². The highest BCUT2D eigenvalue weighted by atomic mass is 35.5. The van der Waals surface area contributed by atoms with Gasteiger partial charge in [0.25, 0.3) is 0 Å². The Hall–Kier alpha value is -1.59. The van der Waals surface area contributed by atoms with Crippen LogP contribution in [0.25, 0.3) is 10.9 Å². The fourth-order valence-corrected chi connectivity index (χ4v) is 2.79. The predicted octanol–water partition coefficient (Wildman–Crippen LogP) is 2.09. The maximum Gasteiger partial charge on any atom is 0.224 e. The summed E-state index contributed by atoms with van der Waals surface area (Å²) in [7, 11) is 3.65. The van der Waals surface area contributed by atoms with Crippen LogP contribution in [0.5, 0.6) is 5.75 Å². The lowest BCUT2D eigenvalue weighted by atomic mass is 10.2. The summed E-state index contributed by atoms with van der Waals surface area (Å²) in [4.78, 5) is 10.9. The molecule has 0 bridgehead atoms. The van der Waals surface area contributed by atoms with Gasteiger partial charge >= 0.3 is 0 Å². The summed E-state index contributed by atoms with van der Waals surface area (Å²) < 4.78 is 5.29. The number of nitrogens with zero attached hydrogens (tertiary/aromatic N) is 3. The maximum atomic E-state index is 6.05.